The zero-order valence-electron chi connectivity index (χ0n) is 6.45. The molecular weight excluding hydrogens is 161 g/mol. The van der Waals surface area contributed by atoms with Crippen LogP contribution in [0.3, 0.4) is 0 Å². The molecule has 0 aromatic heterocycles. The number of hydrogen-bond acceptors (Lipinski definition) is 5. The number of amidine groups is 1. The van der Waals surface area contributed by atoms with Crippen molar-refractivity contribution in [2.45, 2.75) is 6.17 Å². The number of hydrogen-bond donors (Lipinski definition) is 2. The average Bonchev–Trinajstić information content (AvgIpc) is 2.48. The molecule has 1 atom stereocenters. The molecule has 0 aromatic rings. The van der Waals surface area contributed by atoms with E-state index < -0.39 is 6.09 Å². The van der Waals surface area contributed by atoms with Gasteiger partial charge in [0.2, 0.25) is 0 Å². The van der Waals surface area contributed by atoms with Crippen molar-refractivity contribution in [2.75, 3.05) is 7.05 Å². The molecule has 5 nitrogen and oxygen atoms in total. The second-order valence-electron chi connectivity index (χ2n) is 2.59. The molecule has 0 radical (unpaired) electrons. The molecule has 0 saturated carbocycles. The van der Waals surface area contributed by atoms with Crippen molar-refractivity contribution in [1.82, 2.24) is 10.2 Å². The highest BCUT2D eigenvalue weighted by Crippen LogP contribution is 2.20. The van der Waals surface area contributed by atoms with E-state index in [0.717, 1.165) is 0 Å². The van der Waals surface area contributed by atoms with E-state index in [2.05, 4.69) is 15.3 Å². The number of likely N-dealkylation sites (N-methyl/N-ethyl adjacent to an activating group) is 1. The summed E-state index contributed by atoms with van der Waals surface area (Å²) in [5, 5.41) is 2.81. The van der Waals surface area contributed by atoms with Gasteiger partial charge in [0.25, 0.3) is 6.09 Å². The summed E-state index contributed by atoms with van der Waals surface area (Å²) < 4.78 is 12.9. The summed E-state index contributed by atoms with van der Waals surface area (Å²) in [7, 11) is 1.57. The van der Waals surface area contributed by atoms with Crippen molar-refractivity contribution in [3.8, 4) is 0 Å². The van der Waals surface area contributed by atoms with Gasteiger partial charge >= 0.3 is 0 Å². The highest BCUT2D eigenvalue weighted by molar-refractivity contribution is 5.78. The van der Waals surface area contributed by atoms with Crippen molar-refractivity contribution in [3.05, 3.63) is 11.5 Å². The fraction of sp³-hybridized carbons (Fsp3) is 0.333. The lowest BCUT2D eigenvalue weighted by atomic mass is 10.3. The summed E-state index contributed by atoms with van der Waals surface area (Å²) in [5.74, 6) is 0.160. The predicted molar refractivity (Wildman–Crippen MR) is 42.9 cm³/mol. The van der Waals surface area contributed by atoms with Gasteiger partial charge in [-0.1, -0.05) is 0 Å². The van der Waals surface area contributed by atoms with Gasteiger partial charge in [0.05, 0.1) is 6.34 Å². The SMILES string of the molecule is CN1C(F)=NC(N)=C2NC=N[C@@H]21. The Balaban J connectivity index is 2.43. The van der Waals surface area contributed by atoms with Crippen LogP contribution in [0, 0.1) is 0 Å². The van der Waals surface area contributed by atoms with E-state index in [9.17, 15) is 4.39 Å². The number of fused-ring (bicyclic) bond motifs is 1. The van der Waals surface area contributed by atoms with Crippen LogP contribution in [-0.4, -0.2) is 30.5 Å². The van der Waals surface area contributed by atoms with E-state index in [0.29, 0.717) is 5.70 Å². The number of aliphatic imine (C=N–C) groups is 2. The molecule has 2 heterocycles. The van der Waals surface area contributed by atoms with Gasteiger partial charge in [-0.15, -0.1) is 0 Å². The van der Waals surface area contributed by atoms with Crippen LogP contribution in [-0.2, 0) is 0 Å². The van der Waals surface area contributed by atoms with E-state index in [1.54, 1.807) is 7.05 Å². The molecule has 12 heavy (non-hydrogen) atoms. The molecule has 0 aliphatic carbocycles. The first-order valence-electron chi connectivity index (χ1n) is 3.45. The van der Waals surface area contributed by atoms with Crippen LogP contribution in [0.1, 0.15) is 0 Å². The third-order valence-corrected chi connectivity index (χ3v) is 1.84. The van der Waals surface area contributed by atoms with Crippen molar-refractivity contribution in [1.29, 1.82) is 0 Å². The molecule has 6 heteroatoms. The maximum absolute atomic E-state index is 12.9. The molecule has 0 bridgehead atoms. The third-order valence-electron chi connectivity index (χ3n) is 1.84. The summed E-state index contributed by atoms with van der Waals surface area (Å²) in [4.78, 5) is 8.78. The van der Waals surface area contributed by atoms with Gasteiger partial charge in [-0.25, -0.2) is 4.99 Å². The summed E-state index contributed by atoms with van der Waals surface area (Å²) in [6, 6.07) is 0. The molecule has 2 rings (SSSR count). The minimum Gasteiger partial charge on any atom is -0.382 e. The smallest absolute Gasteiger partial charge is 0.288 e. The normalized spacial score (nSPS) is 27.0. The average molecular weight is 169 g/mol. The van der Waals surface area contributed by atoms with E-state index in [-0.39, 0.29) is 12.0 Å². The lowest BCUT2D eigenvalue weighted by Gasteiger charge is -2.25. The fourth-order valence-electron chi connectivity index (χ4n) is 1.17. The first-order chi connectivity index (χ1) is 5.70. The highest BCUT2D eigenvalue weighted by Gasteiger charge is 2.30. The first kappa shape index (κ1) is 7.08. The summed E-state index contributed by atoms with van der Waals surface area (Å²) in [5.41, 5.74) is 6.09. The largest absolute Gasteiger partial charge is 0.382 e. The predicted octanol–water partition coefficient (Wildman–Crippen LogP) is -0.657. The Bertz CT molecular complexity index is 305. The third kappa shape index (κ3) is 0.775. The van der Waals surface area contributed by atoms with Gasteiger partial charge in [-0.3, -0.25) is 0 Å². The van der Waals surface area contributed by atoms with Gasteiger partial charge in [0.1, 0.15) is 5.70 Å². The van der Waals surface area contributed by atoms with E-state index >= 15 is 0 Å². The number of nitrogens with zero attached hydrogens (tertiary/aromatic N) is 3. The maximum atomic E-state index is 12.9. The molecule has 64 valence electrons. The molecular formula is C6H8FN5. The van der Waals surface area contributed by atoms with Crippen LogP contribution >= 0.6 is 0 Å². The Morgan fingerprint density at radius 3 is 3.25 bits per heavy atom. The Kier molecular flexibility index (Phi) is 1.30. The lowest BCUT2D eigenvalue weighted by molar-refractivity contribution is 0.371. The van der Waals surface area contributed by atoms with E-state index in [4.69, 9.17) is 5.73 Å². The molecule has 2 aliphatic heterocycles. The minimum atomic E-state index is -0.609. The van der Waals surface area contributed by atoms with Crippen molar-refractivity contribution in [3.63, 3.8) is 0 Å². The summed E-state index contributed by atoms with van der Waals surface area (Å²) >= 11 is 0. The molecule has 3 N–H and O–H groups in total. The maximum Gasteiger partial charge on any atom is 0.288 e. The first-order valence-corrected chi connectivity index (χ1v) is 3.45. The van der Waals surface area contributed by atoms with Gasteiger partial charge in [-0.05, 0) is 0 Å². The minimum absolute atomic E-state index is 0.160. The molecule has 0 unspecified atom stereocenters. The Hall–Kier alpha value is -1.59. The van der Waals surface area contributed by atoms with Crippen molar-refractivity contribution >= 4 is 12.4 Å². The van der Waals surface area contributed by atoms with Crippen molar-refractivity contribution < 1.29 is 4.39 Å². The lowest BCUT2D eigenvalue weighted by Crippen LogP contribution is -2.40. The second kappa shape index (κ2) is 2.20. The Labute approximate surface area is 68.5 Å². The van der Waals surface area contributed by atoms with Crippen molar-refractivity contribution in [2.24, 2.45) is 15.7 Å². The molecule has 0 spiro atoms. The van der Waals surface area contributed by atoms with Crippen LogP contribution in [0.2, 0.25) is 0 Å². The standard InChI is InChI=1S/C6H8FN5/c1-12-5-3(9-2-10-5)4(8)11-6(12)7/h2,5H,8H2,1H3,(H,9,10)/t5-/m1/s1. The fourth-order valence-corrected chi connectivity index (χ4v) is 1.17. The van der Waals surface area contributed by atoms with Gasteiger partial charge < -0.3 is 16.0 Å². The number of rotatable bonds is 0. The Morgan fingerprint density at radius 2 is 2.50 bits per heavy atom. The monoisotopic (exact) mass is 169 g/mol. The quantitative estimate of drug-likeness (QED) is 0.473. The van der Waals surface area contributed by atoms with Crippen LogP contribution in [0.25, 0.3) is 0 Å². The molecule has 0 amide bonds. The van der Waals surface area contributed by atoms with Crippen LogP contribution < -0.4 is 11.1 Å². The number of nitrogens with one attached hydrogen (secondary N) is 1. The molecule has 0 saturated heterocycles. The van der Waals surface area contributed by atoms with Crippen LogP contribution in [0.4, 0.5) is 4.39 Å². The summed E-state index contributed by atoms with van der Waals surface area (Å²) in [6.45, 7) is 0. The van der Waals surface area contributed by atoms with Gasteiger partial charge in [0, 0.05) is 7.05 Å². The van der Waals surface area contributed by atoms with E-state index in [1.165, 1.54) is 11.2 Å². The van der Waals surface area contributed by atoms with Gasteiger partial charge in [-0.2, -0.15) is 9.38 Å². The molecule has 0 fully saturated rings. The highest BCUT2D eigenvalue weighted by atomic mass is 19.1. The molecule has 2 aliphatic rings. The van der Waals surface area contributed by atoms with E-state index in [1.807, 2.05) is 0 Å². The zero-order chi connectivity index (χ0) is 8.72. The topological polar surface area (TPSA) is 66.0 Å². The number of halogens is 1. The summed E-state index contributed by atoms with van der Waals surface area (Å²) in [6.07, 6.45) is 0.502. The number of nitrogens with two attached hydrogens (primary N) is 1. The van der Waals surface area contributed by atoms with Crippen LogP contribution in [0.5, 0.6) is 0 Å². The Morgan fingerprint density at radius 1 is 1.75 bits per heavy atom. The van der Waals surface area contributed by atoms with Gasteiger partial charge in [0.15, 0.2) is 12.0 Å². The zero-order valence-corrected chi connectivity index (χ0v) is 6.45. The second-order valence-corrected chi connectivity index (χ2v) is 2.59. The molecule has 0 aromatic carbocycles. The van der Waals surface area contributed by atoms with Crippen LogP contribution in [0.15, 0.2) is 21.5 Å².